The number of thiophene rings is 1. The Balaban J connectivity index is 1.54. The van der Waals surface area contributed by atoms with Crippen LogP contribution < -0.4 is 10.9 Å². The number of anilines is 1. The minimum absolute atomic E-state index is 0.278. The lowest BCUT2D eigenvalue weighted by atomic mass is 10.2. The highest BCUT2D eigenvalue weighted by Gasteiger charge is 2.16. The number of carbonyl (C=O) groups is 2. The van der Waals surface area contributed by atoms with Crippen LogP contribution in [0.2, 0.25) is 0 Å². The molecule has 4 rings (SSSR count). The van der Waals surface area contributed by atoms with Crippen molar-refractivity contribution in [2.45, 2.75) is 27.3 Å². The molecule has 11 heteroatoms. The Morgan fingerprint density at radius 3 is 2.80 bits per heavy atom. The summed E-state index contributed by atoms with van der Waals surface area (Å²) in [4.78, 5) is 42.9. The monoisotopic (exact) mass is 443 g/mol. The van der Waals surface area contributed by atoms with Gasteiger partial charge in [0, 0.05) is 4.88 Å². The fourth-order valence-corrected chi connectivity index (χ4v) is 4.80. The van der Waals surface area contributed by atoms with Crippen molar-refractivity contribution in [2.24, 2.45) is 0 Å². The number of carbonyl (C=O) groups excluding carboxylic acids is 2. The first kappa shape index (κ1) is 20.1. The van der Waals surface area contributed by atoms with E-state index in [-0.39, 0.29) is 12.1 Å². The maximum atomic E-state index is 12.7. The van der Waals surface area contributed by atoms with E-state index < -0.39 is 11.9 Å². The smallest absolute Gasteiger partial charge is 0.338 e. The van der Waals surface area contributed by atoms with Gasteiger partial charge in [-0.25, -0.2) is 14.5 Å². The first-order valence-electron chi connectivity index (χ1n) is 9.08. The summed E-state index contributed by atoms with van der Waals surface area (Å²) in [5, 5.41) is 11.5. The van der Waals surface area contributed by atoms with E-state index >= 15 is 0 Å². The largest absolute Gasteiger partial charge is 0.462 e. The van der Waals surface area contributed by atoms with Crippen LogP contribution in [0.3, 0.4) is 0 Å². The highest BCUT2D eigenvalue weighted by Crippen LogP contribution is 2.27. The molecule has 0 aliphatic carbocycles. The third kappa shape index (κ3) is 3.68. The Morgan fingerprint density at radius 2 is 2.03 bits per heavy atom. The van der Waals surface area contributed by atoms with Crippen LogP contribution in [-0.2, 0) is 16.1 Å². The summed E-state index contributed by atoms with van der Waals surface area (Å²) in [6.45, 7) is 5.52. The molecule has 0 aliphatic heterocycles. The van der Waals surface area contributed by atoms with Gasteiger partial charge in [-0.2, -0.15) is 0 Å². The molecule has 0 unspecified atom stereocenters. The van der Waals surface area contributed by atoms with Crippen molar-refractivity contribution in [1.29, 1.82) is 0 Å². The number of rotatable bonds is 5. The lowest BCUT2D eigenvalue weighted by Crippen LogP contribution is -2.30. The minimum atomic E-state index is -0.444. The molecule has 3 aromatic heterocycles. The van der Waals surface area contributed by atoms with E-state index in [1.165, 1.54) is 22.7 Å². The van der Waals surface area contributed by atoms with Gasteiger partial charge in [0.2, 0.25) is 5.91 Å². The highest BCUT2D eigenvalue weighted by molar-refractivity contribution is 7.22. The molecular weight excluding hydrogens is 426 g/mol. The van der Waals surface area contributed by atoms with E-state index in [9.17, 15) is 14.4 Å². The number of aromatic nitrogens is 4. The minimum Gasteiger partial charge on any atom is -0.462 e. The first-order chi connectivity index (χ1) is 14.4. The Hall–Kier alpha value is -3.18. The second kappa shape index (κ2) is 7.92. The molecule has 0 bridgehead atoms. The van der Waals surface area contributed by atoms with Crippen molar-refractivity contribution >= 4 is 60.1 Å². The average Bonchev–Trinajstić information content (AvgIpc) is 3.23. The molecule has 30 heavy (non-hydrogen) atoms. The number of nitrogens with one attached hydrogen (secondary N) is 1. The van der Waals surface area contributed by atoms with E-state index in [0.29, 0.717) is 33.0 Å². The van der Waals surface area contributed by atoms with Crippen LogP contribution in [-0.4, -0.2) is 38.5 Å². The van der Waals surface area contributed by atoms with Gasteiger partial charge in [0.1, 0.15) is 6.54 Å². The fraction of sp³-hybridized carbons (Fsp3) is 0.263. The van der Waals surface area contributed by atoms with Crippen LogP contribution >= 0.6 is 22.7 Å². The Kier molecular flexibility index (Phi) is 5.31. The van der Waals surface area contributed by atoms with E-state index in [2.05, 4.69) is 20.6 Å². The molecule has 0 fully saturated rings. The van der Waals surface area contributed by atoms with E-state index in [1.807, 2.05) is 13.8 Å². The van der Waals surface area contributed by atoms with Gasteiger partial charge in [-0.1, -0.05) is 16.6 Å². The van der Waals surface area contributed by atoms with Crippen LogP contribution in [0.1, 0.15) is 27.7 Å². The second-order valence-corrected chi connectivity index (χ2v) is 8.72. The summed E-state index contributed by atoms with van der Waals surface area (Å²) >= 11 is 2.63. The van der Waals surface area contributed by atoms with Gasteiger partial charge >= 0.3 is 5.97 Å². The van der Waals surface area contributed by atoms with Crippen LogP contribution in [0.25, 0.3) is 20.4 Å². The highest BCUT2D eigenvalue weighted by atomic mass is 32.1. The summed E-state index contributed by atoms with van der Waals surface area (Å²) < 4.78 is 6.78. The van der Waals surface area contributed by atoms with Crippen molar-refractivity contribution in [3.63, 3.8) is 0 Å². The number of aryl methyl sites for hydroxylation is 2. The van der Waals surface area contributed by atoms with Crippen LogP contribution in [0, 0.1) is 13.8 Å². The maximum absolute atomic E-state index is 12.7. The van der Waals surface area contributed by atoms with Gasteiger partial charge in [-0.05, 0) is 44.5 Å². The van der Waals surface area contributed by atoms with Gasteiger partial charge in [0.15, 0.2) is 9.96 Å². The molecule has 3 heterocycles. The molecule has 9 nitrogen and oxygen atoms in total. The predicted molar refractivity (Wildman–Crippen MR) is 115 cm³/mol. The van der Waals surface area contributed by atoms with Gasteiger partial charge in [-0.15, -0.1) is 16.4 Å². The molecule has 154 valence electrons. The Morgan fingerprint density at radius 1 is 1.23 bits per heavy atom. The van der Waals surface area contributed by atoms with Crippen molar-refractivity contribution in [1.82, 2.24) is 20.0 Å². The summed E-state index contributed by atoms with van der Waals surface area (Å²) in [5.74, 6) is -0.856. The zero-order valence-electron chi connectivity index (χ0n) is 16.4. The standard InChI is InChI=1S/C19H17N5O4S2/c1-4-28-18(27)11-5-6-12-13(7-11)30-19(20-12)21-14(25)8-24-17(26)15-9(2)10(3)29-16(15)22-23-24/h5-7H,4,8H2,1-3H3,(H,20,21,25). The number of thiazole rings is 1. The number of hydrogen-bond donors (Lipinski definition) is 1. The topological polar surface area (TPSA) is 116 Å². The molecule has 1 N–H and O–H groups in total. The number of fused-ring (bicyclic) bond motifs is 2. The van der Waals surface area contributed by atoms with Crippen molar-refractivity contribution in [2.75, 3.05) is 11.9 Å². The maximum Gasteiger partial charge on any atom is 0.338 e. The van der Waals surface area contributed by atoms with Crippen molar-refractivity contribution < 1.29 is 14.3 Å². The number of ether oxygens (including phenoxy) is 1. The zero-order chi connectivity index (χ0) is 21.4. The van der Waals surface area contributed by atoms with Crippen molar-refractivity contribution in [3.8, 4) is 0 Å². The van der Waals surface area contributed by atoms with Gasteiger partial charge < -0.3 is 10.1 Å². The number of nitrogens with zero attached hydrogens (tertiary/aromatic N) is 4. The SMILES string of the molecule is CCOC(=O)c1ccc2nc(NC(=O)Cn3nnc4sc(C)c(C)c4c3=O)sc2c1. The first-order valence-corrected chi connectivity index (χ1v) is 10.7. The molecule has 1 amide bonds. The fourth-order valence-electron chi connectivity index (χ4n) is 2.91. The normalized spacial score (nSPS) is 11.2. The molecule has 0 aliphatic rings. The molecule has 0 atom stereocenters. The summed E-state index contributed by atoms with van der Waals surface area (Å²) in [7, 11) is 0. The Bertz CT molecular complexity index is 1350. The number of hydrogen-bond acceptors (Lipinski definition) is 9. The third-order valence-electron chi connectivity index (χ3n) is 4.50. The van der Waals surface area contributed by atoms with Gasteiger partial charge in [-0.3, -0.25) is 9.59 Å². The van der Waals surface area contributed by atoms with Gasteiger partial charge in [0.05, 0.1) is 27.8 Å². The van der Waals surface area contributed by atoms with E-state index in [0.717, 1.165) is 19.8 Å². The Labute approximate surface area is 178 Å². The van der Waals surface area contributed by atoms with E-state index in [1.54, 1.807) is 25.1 Å². The summed E-state index contributed by atoms with van der Waals surface area (Å²) in [5.41, 5.74) is 1.57. The molecule has 4 aromatic rings. The van der Waals surface area contributed by atoms with Crippen LogP contribution in [0.4, 0.5) is 5.13 Å². The molecular formula is C19H17N5O4S2. The van der Waals surface area contributed by atoms with Crippen LogP contribution in [0.5, 0.6) is 0 Å². The van der Waals surface area contributed by atoms with Crippen molar-refractivity contribution in [3.05, 3.63) is 44.6 Å². The number of benzene rings is 1. The lowest BCUT2D eigenvalue weighted by molar-refractivity contribution is -0.117. The molecule has 1 aromatic carbocycles. The molecule has 0 spiro atoms. The summed E-state index contributed by atoms with van der Waals surface area (Å²) in [6, 6.07) is 4.99. The zero-order valence-corrected chi connectivity index (χ0v) is 18.0. The third-order valence-corrected chi connectivity index (χ3v) is 6.52. The van der Waals surface area contributed by atoms with Gasteiger partial charge in [0.25, 0.3) is 5.56 Å². The predicted octanol–water partition coefficient (Wildman–Crippen LogP) is 2.89. The summed E-state index contributed by atoms with van der Waals surface area (Å²) in [6.07, 6.45) is 0. The second-order valence-electron chi connectivity index (χ2n) is 6.49. The number of amides is 1. The molecule has 0 radical (unpaired) electrons. The van der Waals surface area contributed by atoms with Crippen LogP contribution in [0.15, 0.2) is 23.0 Å². The number of esters is 1. The molecule has 0 saturated carbocycles. The van der Waals surface area contributed by atoms with E-state index in [4.69, 9.17) is 4.74 Å². The molecule has 0 saturated heterocycles. The quantitative estimate of drug-likeness (QED) is 0.472. The lowest BCUT2D eigenvalue weighted by Gasteiger charge is -2.03. The average molecular weight is 444 g/mol.